The number of H-pyrrole nitrogens is 1. The normalized spacial score (nSPS) is 17.3. The number of amides is 1. The lowest BCUT2D eigenvalue weighted by Gasteiger charge is -2.32. The second kappa shape index (κ2) is 8.90. The van der Waals surface area contributed by atoms with E-state index in [1.165, 1.54) is 0 Å². The quantitative estimate of drug-likeness (QED) is 0.842. The van der Waals surface area contributed by atoms with E-state index >= 15 is 0 Å². The highest BCUT2D eigenvalue weighted by Gasteiger charge is 2.26. The van der Waals surface area contributed by atoms with Crippen molar-refractivity contribution in [2.24, 2.45) is 5.92 Å². The Morgan fingerprint density at radius 3 is 3.00 bits per heavy atom. The van der Waals surface area contributed by atoms with E-state index in [0.29, 0.717) is 32.0 Å². The summed E-state index contributed by atoms with van der Waals surface area (Å²) >= 11 is 0. The molecule has 0 saturated carbocycles. The van der Waals surface area contributed by atoms with Crippen LogP contribution in [-0.4, -0.2) is 45.0 Å². The molecule has 144 valence electrons. The van der Waals surface area contributed by atoms with Gasteiger partial charge in [0.05, 0.1) is 18.4 Å². The minimum absolute atomic E-state index is 0.0400. The minimum atomic E-state index is -0.475. The Labute approximate surface area is 158 Å². The molecular formula is C20H26N4O3. The van der Waals surface area contributed by atoms with Gasteiger partial charge in [0.1, 0.15) is 5.69 Å². The largest absolute Gasteiger partial charge is 0.370 e. The van der Waals surface area contributed by atoms with Crippen molar-refractivity contribution in [2.75, 3.05) is 13.1 Å². The predicted molar refractivity (Wildman–Crippen MR) is 101 cm³/mol. The molecule has 0 radical (unpaired) electrons. The summed E-state index contributed by atoms with van der Waals surface area (Å²) in [6, 6.07) is 7.41. The molecule has 1 N–H and O–H groups in total. The first-order valence-corrected chi connectivity index (χ1v) is 9.42. The summed E-state index contributed by atoms with van der Waals surface area (Å²) in [5, 5.41) is 0. The number of piperidine rings is 1. The molecule has 2 aromatic rings. The maximum atomic E-state index is 12.9. The summed E-state index contributed by atoms with van der Waals surface area (Å²) in [7, 11) is 0. The van der Waals surface area contributed by atoms with Crippen LogP contribution in [0.4, 0.5) is 0 Å². The van der Waals surface area contributed by atoms with Crippen LogP contribution in [0.2, 0.25) is 0 Å². The number of ether oxygens (including phenoxy) is 1. The van der Waals surface area contributed by atoms with Crippen molar-refractivity contribution in [1.29, 1.82) is 0 Å². The highest BCUT2D eigenvalue weighted by molar-refractivity contribution is 5.92. The molecule has 3 heterocycles. The highest BCUT2D eigenvalue weighted by atomic mass is 16.5. The van der Waals surface area contributed by atoms with Gasteiger partial charge in [-0.25, -0.2) is 4.79 Å². The van der Waals surface area contributed by atoms with Gasteiger partial charge >= 0.3 is 5.69 Å². The van der Waals surface area contributed by atoms with Crippen LogP contribution in [0.5, 0.6) is 0 Å². The van der Waals surface area contributed by atoms with Gasteiger partial charge in [-0.1, -0.05) is 19.9 Å². The van der Waals surface area contributed by atoms with Crippen molar-refractivity contribution in [3.05, 3.63) is 58.0 Å². The van der Waals surface area contributed by atoms with E-state index in [0.717, 1.165) is 24.2 Å². The standard InChI is InChI=1S/C20H26N4O3/c1-14(2)10-16-11-18(23-20(26)22-16)19(25)24-9-5-7-17(12-24)27-13-15-6-3-4-8-21-15/h3-4,6,8,11,14,17H,5,7,9-10,12-13H2,1-2H3,(H,22,23,26)/t17-/m1/s1. The van der Waals surface area contributed by atoms with E-state index in [-0.39, 0.29) is 17.7 Å². The van der Waals surface area contributed by atoms with Gasteiger partial charge < -0.3 is 14.6 Å². The molecule has 0 unspecified atom stereocenters. The first-order chi connectivity index (χ1) is 13.0. The molecule has 1 aliphatic heterocycles. The molecule has 7 nitrogen and oxygen atoms in total. The molecule has 0 aliphatic carbocycles. The molecule has 1 amide bonds. The Bertz CT molecular complexity index is 819. The molecule has 7 heteroatoms. The summed E-state index contributed by atoms with van der Waals surface area (Å²) < 4.78 is 5.94. The van der Waals surface area contributed by atoms with Gasteiger partial charge in [0.25, 0.3) is 5.91 Å². The third-order valence-corrected chi connectivity index (χ3v) is 4.51. The van der Waals surface area contributed by atoms with Crippen LogP contribution in [0.3, 0.4) is 0 Å². The Hall–Kier alpha value is -2.54. The second-order valence-electron chi connectivity index (χ2n) is 7.34. The van der Waals surface area contributed by atoms with Crippen LogP contribution >= 0.6 is 0 Å². The number of rotatable bonds is 6. The average Bonchev–Trinajstić information content (AvgIpc) is 2.66. The van der Waals surface area contributed by atoms with Gasteiger partial charge in [0.2, 0.25) is 0 Å². The number of pyridine rings is 1. The van der Waals surface area contributed by atoms with Crippen LogP contribution in [0.25, 0.3) is 0 Å². The molecule has 1 atom stereocenters. The van der Waals surface area contributed by atoms with Gasteiger partial charge in [0, 0.05) is 25.0 Å². The maximum Gasteiger partial charge on any atom is 0.345 e. The number of aromatic amines is 1. The number of carbonyl (C=O) groups is 1. The zero-order chi connectivity index (χ0) is 19.2. The highest BCUT2D eigenvalue weighted by Crippen LogP contribution is 2.17. The van der Waals surface area contributed by atoms with E-state index in [2.05, 4.69) is 28.8 Å². The lowest BCUT2D eigenvalue weighted by molar-refractivity contribution is -0.00802. The molecule has 1 aliphatic rings. The Balaban J connectivity index is 1.64. The van der Waals surface area contributed by atoms with Crippen molar-refractivity contribution in [3.8, 4) is 0 Å². The smallest absolute Gasteiger partial charge is 0.345 e. The number of nitrogens with zero attached hydrogens (tertiary/aromatic N) is 3. The Kier molecular flexibility index (Phi) is 6.34. The zero-order valence-electron chi connectivity index (χ0n) is 15.9. The first kappa shape index (κ1) is 19.2. The van der Waals surface area contributed by atoms with Crippen molar-refractivity contribution in [2.45, 2.75) is 45.8 Å². The summed E-state index contributed by atoms with van der Waals surface area (Å²) in [4.78, 5) is 37.3. The summed E-state index contributed by atoms with van der Waals surface area (Å²) in [5.41, 5.74) is 1.35. The second-order valence-corrected chi connectivity index (χ2v) is 7.34. The monoisotopic (exact) mass is 370 g/mol. The number of hydrogen-bond donors (Lipinski definition) is 1. The van der Waals surface area contributed by atoms with Gasteiger partial charge in [-0.3, -0.25) is 9.78 Å². The van der Waals surface area contributed by atoms with Crippen molar-refractivity contribution < 1.29 is 9.53 Å². The first-order valence-electron chi connectivity index (χ1n) is 9.42. The van der Waals surface area contributed by atoms with Crippen molar-refractivity contribution in [3.63, 3.8) is 0 Å². The molecule has 0 bridgehead atoms. The molecule has 27 heavy (non-hydrogen) atoms. The van der Waals surface area contributed by atoms with Crippen molar-refractivity contribution >= 4 is 5.91 Å². The van der Waals surface area contributed by atoms with Gasteiger partial charge in [-0.2, -0.15) is 4.98 Å². The molecule has 0 aromatic carbocycles. The Morgan fingerprint density at radius 2 is 2.26 bits per heavy atom. The fourth-order valence-electron chi connectivity index (χ4n) is 3.27. The van der Waals surface area contributed by atoms with Gasteiger partial charge in [-0.15, -0.1) is 0 Å². The van der Waals surface area contributed by atoms with E-state index < -0.39 is 5.69 Å². The molecule has 1 saturated heterocycles. The molecule has 1 fully saturated rings. The van der Waals surface area contributed by atoms with Crippen LogP contribution in [0.1, 0.15) is 48.6 Å². The lowest BCUT2D eigenvalue weighted by atomic mass is 10.1. The van der Waals surface area contributed by atoms with E-state index in [1.807, 2.05) is 18.2 Å². The fraction of sp³-hybridized carbons (Fsp3) is 0.500. The minimum Gasteiger partial charge on any atom is -0.370 e. The predicted octanol–water partition coefficient (Wildman–Crippen LogP) is 2.18. The van der Waals surface area contributed by atoms with Crippen LogP contribution in [0, 0.1) is 5.92 Å². The van der Waals surface area contributed by atoms with Crippen LogP contribution in [-0.2, 0) is 17.8 Å². The third-order valence-electron chi connectivity index (χ3n) is 4.51. The van der Waals surface area contributed by atoms with Gasteiger partial charge in [-0.05, 0) is 43.4 Å². The van der Waals surface area contributed by atoms with E-state index in [4.69, 9.17) is 4.74 Å². The summed E-state index contributed by atoms with van der Waals surface area (Å²) in [6.07, 6.45) is 4.16. The van der Waals surface area contributed by atoms with Crippen LogP contribution < -0.4 is 5.69 Å². The number of hydrogen-bond acceptors (Lipinski definition) is 5. The fourth-order valence-corrected chi connectivity index (χ4v) is 3.27. The van der Waals surface area contributed by atoms with E-state index in [1.54, 1.807) is 17.2 Å². The lowest BCUT2D eigenvalue weighted by Crippen LogP contribution is -2.44. The van der Waals surface area contributed by atoms with Crippen molar-refractivity contribution in [1.82, 2.24) is 19.9 Å². The van der Waals surface area contributed by atoms with Gasteiger partial charge in [0.15, 0.2) is 0 Å². The molecule has 2 aromatic heterocycles. The maximum absolute atomic E-state index is 12.9. The number of nitrogens with one attached hydrogen (secondary N) is 1. The summed E-state index contributed by atoms with van der Waals surface area (Å²) in [6.45, 7) is 5.70. The third kappa shape index (κ3) is 5.47. The Morgan fingerprint density at radius 1 is 1.41 bits per heavy atom. The topological polar surface area (TPSA) is 88.2 Å². The number of carbonyl (C=O) groups excluding carboxylic acids is 1. The molecular weight excluding hydrogens is 344 g/mol. The molecule has 0 spiro atoms. The number of aromatic nitrogens is 3. The summed E-state index contributed by atoms with van der Waals surface area (Å²) in [5.74, 6) is 0.169. The zero-order valence-corrected chi connectivity index (χ0v) is 15.9. The van der Waals surface area contributed by atoms with Crippen LogP contribution in [0.15, 0.2) is 35.3 Å². The average molecular weight is 370 g/mol. The SMILES string of the molecule is CC(C)Cc1cc(C(=O)N2CCC[C@@H](OCc3ccccn3)C2)nc(=O)[nH]1. The molecule has 3 rings (SSSR count). The van der Waals surface area contributed by atoms with E-state index in [9.17, 15) is 9.59 Å². The number of likely N-dealkylation sites (tertiary alicyclic amines) is 1.